The molecular weight excluding hydrogens is 543 g/mol. The minimum atomic E-state index is -1.35. The molecule has 0 radical (unpaired) electrons. The molecule has 43 heavy (non-hydrogen) atoms. The van der Waals surface area contributed by atoms with E-state index in [0.717, 1.165) is 34.6 Å². The number of aliphatic imine (C=N–C) groups is 1. The third-order valence-electron chi connectivity index (χ3n) is 7.06. The number of aryl methyl sites for hydroxylation is 1. The Morgan fingerprint density at radius 1 is 0.884 bits per heavy atom. The van der Waals surface area contributed by atoms with Crippen molar-refractivity contribution in [3.05, 3.63) is 119 Å². The fourth-order valence-electron chi connectivity index (χ4n) is 4.81. The lowest BCUT2D eigenvalue weighted by molar-refractivity contribution is -0.191. The number of carbonyl (C=O) groups is 1. The van der Waals surface area contributed by atoms with E-state index in [1.807, 2.05) is 49.4 Å². The molecule has 0 atom stereocenters. The number of benzene rings is 4. The molecule has 1 heterocycles. The van der Waals surface area contributed by atoms with Crippen LogP contribution in [0.4, 0.5) is 17.1 Å². The quantitative estimate of drug-likeness (QED) is 0.245. The van der Waals surface area contributed by atoms with Gasteiger partial charge in [0.1, 0.15) is 0 Å². The fraction of sp³-hybridized carbons (Fsp3) is 0.206. The molecule has 2 N–H and O–H groups in total. The second-order valence-corrected chi connectivity index (χ2v) is 9.92. The topological polar surface area (TPSA) is 116 Å². The molecule has 0 unspecified atom stereocenters. The SMILES string of the molecule is CCOC(=O)c1ccc(C2=Nc3ccccc3N(C3CC3)c3ccccc32)cc1.CCc1ccc(B(O)O)cc1.O=C=O. The Bertz CT molecular complexity index is 1590. The van der Waals surface area contributed by atoms with Crippen LogP contribution in [0, 0.1) is 0 Å². The van der Waals surface area contributed by atoms with Crippen LogP contribution in [0.2, 0.25) is 0 Å². The van der Waals surface area contributed by atoms with Crippen molar-refractivity contribution in [2.75, 3.05) is 11.5 Å². The first-order chi connectivity index (χ1) is 20.9. The van der Waals surface area contributed by atoms with Gasteiger partial charge in [-0.3, -0.25) is 0 Å². The van der Waals surface area contributed by atoms with Crippen LogP contribution in [0.15, 0.2) is 102 Å². The molecule has 1 aliphatic heterocycles. The molecule has 218 valence electrons. The van der Waals surface area contributed by atoms with Crippen molar-refractivity contribution in [1.82, 2.24) is 0 Å². The standard InChI is InChI=1S/C25H22N2O2.C8H11BO2.CO2/c1-2-29-25(28)18-13-11-17(12-14-18)24-20-7-3-5-9-22(20)27(19-15-16-19)23-10-6-4-8-21(23)26-24;1-2-7-3-5-8(6-4-7)9(10)11;2-1-3/h3-14,19H,2,15-16H2,1H3;3-6,10-11H,2H2,1H3;. The molecule has 0 aromatic heterocycles. The number of rotatable bonds is 6. The minimum absolute atomic E-state index is 0.250. The van der Waals surface area contributed by atoms with Gasteiger partial charge in [0, 0.05) is 17.2 Å². The van der Waals surface area contributed by atoms with Gasteiger partial charge in [-0.15, -0.1) is 0 Å². The smallest absolute Gasteiger partial charge is 0.462 e. The molecule has 0 bridgehead atoms. The first kappa shape index (κ1) is 31.1. The molecule has 4 aromatic carbocycles. The van der Waals surface area contributed by atoms with E-state index >= 15 is 0 Å². The summed E-state index contributed by atoms with van der Waals surface area (Å²) in [5.74, 6) is -0.299. The van der Waals surface area contributed by atoms with Crippen LogP contribution < -0.4 is 10.4 Å². The van der Waals surface area contributed by atoms with Crippen molar-refractivity contribution in [2.24, 2.45) is 4.99 Å². The van der Waals surface area contributed by atoms with Gasteiger partial charge in [-0.1, -0.05) is 73.7 Å². The van der Waals surface area contributed by atoms with E-state index in [9.17, 15) is 4.79 Å². The van der Waals surface area contributed by atoms with Crippen LogP contribution in [0.1, 0.15) is 53.7 Å². The van der Waals surface area contributed by atoms with Crippen molar-refractivity contribution in [1.29, 1.82) is 0 Å². The molecule has 0 amide bonds. The van der Waals surface area contributed by atoms with Gasteiger partial charge < -0.3 is 19.7 Å². The molecule has 1 aliphatic carbocycles. The molecule has 6 rings (SSSR count). The van der Waals surface area contributed by atoms with Crippen LogP contribution in [0.5, 0.6) is 0 Å². The highest BCUT2D eigenvalue weighted by atomic mass is 16.5. The van der Waals surface area contributed by atoms with Crippen LogP contribution in [0.25, 0.3) is 0 Å². The highest BCUT2D eigenvalue weighted by Crippen LogP contribution is 2.46. The van der Waals surface area contributed by atoms with Crippen LogP contribution in [-0.2, 0) is 20.7 Å². The zero-order chi connectivity index (χ0) is 30.8. The van der Waals surface area contributed by atoms with E-state index in [4.69, 9.17) is 29.4 Å². The molecule has 9 heteroatoms. The lowest BCUT2D eigenvalue weighted by atomic mass is 9.80. The first-order valence-corrected chi connectivity index (χ1v) is 14.2. The number of fused-ring (bicyclic) bond motifs is 2. The summed E-state index contributed by atoms with van der Waals surface area (Å²) in [6, 6.07) is 32.1. The Hall–Kier alpha value is -4.82. The third-order valence-corrected chi connectivity index (χ3v) is 7.06. The summed E-state index contributed by atoms with van der Waals surface area (Å²) in [4.78, 5) is 35.8. The maximum atomic E-state index is 12.0. The first-order valence-electron chi connectivity index (χ1n) is 14.2. The fourth-order valence-corrected chi connectivity index (χ4v) is 4.81. The van der Waals surface area contributed by atoms with Crippen molar-refractivity contribution in [3.8, 4) is 0 Å². The molecule has 8 nitrogen and oxygen atoms in total. The second kappa shape index (κ2) is 14.9. The number of hydrogen-bond acceptors (Lipinski definition) is 8. The summed E-state index contributed by atoms with van der Waals surface area (Å²) < 4.78 is 5.11. The Kier molecular flexibility index (Phi) is 10.8. The summed E-state index contributed by atoms with van der Waals surface area (Å²) in [6.07, 6.45) is 3.63. The monoisotopic (exact) mass is 576 g/mol. The van der Waals surface area contributed by atoms with Crippen LogP contribution in [-0.4, -0.2) is 47.6 Å². The number of hydrogen-bond donors (Lipinski definition) is 2. The van der Waals surface area contributed by atoms with Gasteiger partial charge in [-0.2, -0.15) is 9.59 Å². The largest absolute Gasteiger partial charge is 0.488 e. The number of para-hydroxylation sites is 3. The lowest BCUT2D eigenvalue weighted by Crippen LogP contribution is -2.29. The predicted octanol–water partition coefficient (Wildman–Crippen LogP) is 4.99. The van der Waals surface area contributed by atoms with Gasteiger partial charge in [0.05, 0.1) is 34.9 Å². The van der Waals surface area contributed by atoms with Gasteiger partial charge in [-0.25, -0.2) is 9.79 Å². The van der Waals surface area contributed by atoms with Crippen molar-refractivity contribution in [2.45, 2.75) is 39.2 Å². The van der Waals surface area contributed by atoms with E-state index in [-0.39, 0.29) is 12.1 Å². The molecule has 4 aromatic rings. The van der Waals surface area contributed by atoms with E-state index in [1.165, 1.54) is 24.1 Å². The van der Waals surface area contributed by atoms with E-state index in [1.54, 1.807) is 12.1 Å². The summed E-state index contributed by atoms with van der Waals surface area (Å²) in [5.41, 5.74) is 8.63. The molecule has 2 aliphatic rings. The number of nitrogens with zero attached hydrogens (tertiary/aromatic N) is 2. The van der Waals surface area contributed by atoms with Crippen LogP contribution >= 0.6 is 0 Å². The number of carbonyl (C=O) groups excluding carboxylic acids is 3. The minimum Gasteiger partial charge on any atom is -0.462 e. The van der Waals surface area contributed by atoms with Gasteiger partial charge >= 0.3 is 19.2 Å². The number of esters is 1. The normalized spacial score (nSPS) is 12.8. The van der Waals surface area contributed by atoms with E-state index < -0.39 is 7.12 Å². The molecule has 1 fully saturated rings. The maximum Gasteiger partial charge on any atom is 0.488 e. The predicted molar refractivity (Wildman–Crippen MR) is 166 cm³/mol. The zero-order valence-corrected chi connectivity index (χ0v) is 24.1. The summed E-state index contributed by atoms with van der Waals surface area (Å²) in [6.45, 7) is 4.24. The van der Waals surface area contributed by atoms with Crippen molar-refractivity contribution < 1.29 is 29.2 Å². The van der Waals surface area contributed by atoms with Crippen molar-refractivity contribution in [3.63, 3.8) is 0 Å². The average molecular weight is 576 g/mol. The third kappa shape index (κ3) is 7.73. The maximum absolute atomic E-state index is 12.0. The highest BCUT2D eigenvalue weighted by Gasteiger charge is 2.34. The van der Waals surface area contributed by atoms with Crippen LogP contribution in [0.3, 0.4) is 0 Å². The summed E-state index contributed by atoms with van der Waals surface area (Å²) in [5, 5.41) is 17.5. The van der Waals surface area contributed by atoms with E-state index in [0.29, 0.717) is 23.7 Å². The van der Waals surface area contributed by atoms with Gasteiger partial charge in [0.15, 0.2) is 0 Å². The Balaban J connectivity index is 0.000000253. The number of anilines is 2. The van der Waals surface area contributed by atoms with E-state index in [2.05, 4.69) is 54.3 Å². The number of ether oxygens (including phenoxy) is 1. The zero-order valence-electron chi connectivity index (χ0n) is 24.1. The molecule has 0 spiro atoms. The Morgan fingerprint density at radius 2 is 1.49 bits per heavy atom. The highest BCUT2D eigenvalue weighted by molar-refractivity contribution is 6.58. The van der Waals surface area contributed by atoms with Gasteiger partial charge in [-0.05, 0) is 67.5 Å². The lowest BCUT2D eigenvalue weighted by Gasteiger charge is -2.26. The summed E-state index contributed by atoms with van der Waals surface area (Å²) in [7, 11) is -1.35. The Morgan fingerprint density at radius 3 is 2.07 bits per heavy atom. The summed E-state index contributed by atoms with van der Waals surface area (Å²) >= 11 is 0. The molecular formula is C34H33BN2O6. The van der Waals surface area contributed by atoms with Gasteiger partial charge in [0.2, 0.25) is 0 Å². The molecule has 1 saturated carbocycles. The second-order valence-electron chi connectivity index (χ2n) is 9.92. The van der Waals surface area contributed by atoms with Crippen molar-refractivity contribution >= 4 is 47.5 Å². The average Bonchev–Trinajstić information content (AvgIpc) is 3.88. The Labute approximate surface area is 251 Å². The van der Waals surface area contributed by atoms with Gasteiger partial charge in [0.25, 0.3) is 0 Å². The molecule has 0 saturated heterocycles.